The van der Waals surface area contributed by atoms with Crippen molar-refractivity contribution in [3.8, 4) is 11.4 Å². The lowest BCUT2D eigenvalue weighted by molar-refractivity contribution is 0.0690. The number of nitrogens with zero attached hydrogens (tertiary/aromatic N) is 2. The standard InChI is InChI=1S/C18H15N3O4S/c1-11-15(13-8-5-9-14(19-13)16(22)23)20-17(26-11)21-18(24)25-10-12-6-3-2-4-7-12/h2-9H,10H2,1H3,(H,22,23)(H,20,21,24). The fourth-order valence-corrected chi connectivity index (χ4v) is 3.03. The molecule has 1 aromatic carbocycles. The van der Waals surface area contributed by atoms with Crippen LogP contribution in [0.2, 0.25) is 0 Å². The number of nitrogens with one attached hydrogen (secondary N) is 1. The van der Waals surface area contributed by atoms with Crippen LogP contribution in [0, 0.1) is 6.92 Å². The minimum Gasteiger partial charge on any atom is -0.477 e. The van der Waals surface area contributed by atoms with Crippen LogP contribution in [0.15, 0.2) is 48.5 Å². The number of anilines is 1. The maximum atomic E-state index is 11.9. The molecule has 2 aromatic heterocycles. The molecular formula is C18H15N3O4S. The normalized spacial score (nSPS) is 10.3. The third kappa shape index (κ3) is 4.22. The molecule has 26 heavy (non-hydrogen) atoms. The molecule has 1 amide bonds. The number of carboxylic acid groups (broad SMARTS) is 1. The second-order valence-electron chi connectivity index (χ2n) is 5.32. The Bertz CT molecular complexity index is 941. The second kappa shape index (κ2) is 7.75. The second-order valence-corrected chi connectivity index (χ2v) is 6.53. The van der Waals surface area contributed by atoms with Crippen LogP contribution in [0.5, 0.6) is 0 Å². The van der Waals surface area contributed by atoms with Crippen molar-refractivity contribution < 1.29 is 19.4 Å². The number of carbonyl (C=O) groups excluding carboxylic acids is 1. The van der Waals surface area contributed by atoms with Gasteiger partial charge in [-0.25, -0.2) is 19.6 Å². The van der Waals surface area contributed by atoms with Gasteiger partial charge in [0.15, 0.2) is 5.13 Å². The summed E-state index contributed by atoms with van der Waals surface area (Å²) in [6.45, 7) is 1.98. The van der Waals surface area contributed by atoms with Crippen LogP contribution in [-0.4, -0.2) is 27.1 Å². The summed E-state index contributed by atoms with van der Waals surface area (Å²) in [6.07, 6.45) is -0.610. The molecule has 3 aromatic rings. The van der Waals surface area contributed by atoms with Crippen LogP contribution in [0.25, 0.3) is 11.4 Å². The quantitative estimate of drug-likeness (QED) is 0.706. The summed E-state index contributed by atoms with van der Waals surface area (Å²) in [5.74, 6) is -1.11. The van der Waals surface area contributed by atoms with Crippen LogP contribution in [-0.2, 0) is 11.3 Å². The molecule has 0 bridgehead atoms. The molecule has 0 aliphatic rings. The SMILES string of the molecule is Cc1sc(NC(=O)OCc2ccccc2)nc1-c1cccc(C(=O)O)n1. The minimum absolute atomic E-state index is 0.0633. The number of ether oxygens (including phenoxy) is 1. The molecule has 0 saturated heterocycles. The van der Waals surface area contributed by atoms with Gasteiger partial charge in [0.25, 0.3) is 0 Å². The molecule has 0 aliphatic carbocycles. The number of carbonyl (C=O) groups is 2. The van der Waals surface area contributed by atoms with Crippen LogP contribution in [0.4, 0.5) is 9.93 Å². The van der Waals surface area contributed by atoms with Gasteiger partial charge in [-0.1, -0.05) is 36.4 Å². The third-order valence-corrected chi connectivity index (χ3v) is 4.32. The lowest BCUT2D eigenvalue weighted by atomic mass is 10.2. The number of amides is 1. The number of carboxylic acids is 1. The van der Waals surface area contributed by atoms with Gasteiger partial charge in [-0.3, -0.25) is 5.32 Å². The Balaban J connectivity index is 1.69. The van der Waals surface area contributed by atoms with Gasteiger partial charge in [-0.2, -0.15) is 0 Å². The molecule has 0 unspecified atom stereocenters. The summed E-state index contributed by atoms with van der Waals surface area (Å²) >= 11 is 1.26. The number of aromatic nitrogens is 2. The molecule has 0 spiro atoms. The van der Waals surface area contributed by atoms with Gasteiger partial charge in [0, 0.05) is 4.88 Å². The zero-order valence-electron chi connectivity index (χ0n) is 13.8. The maximum absolute atomic E-state index is 11.9. The summed E-state index contributed by atoms with van der Waals surface area (Å²) in [4.78, 5) is 32.2. The monoisotopic (exact) mass is 369 g/mol. The summed E-state index contributed by atoms with van der Waals surface area (Å²) in [6, 6.07) is 14.0. The van der Waals surface area contributed by atoms with Crippen molar-refractivity contribution in [2.45, 2.75) is 13.5 Å². The number of rotatable bonds is 5. The summed E-state index contributed by atoms with van der Waals surface area (Å²) in [7, 11) is 0. The molecule has 0 radical (unpaired) electrons. The van der Waals surface area contributed by atoms with E-state index in [0.29, 0.717) is 16.5 Å². The van der Waals surface area contributed by atoms with Crippen molar-refractivity contribution in [1.82, 2.24) is 9.97 Å². The number of hydrogen-bond acceptors (Lipinski definition) is 6. The Labute approximate surface area is 153 Å². The fraction of sp³-hybridized carbons (Fsp3) is 0.111. The van der Waals surface area contributed by atoms with Gasteiger partial charge < -0.3 is 9.84 Å². The molecule has 2 N–H and O–H groups in total. The first-order valence-corrected chi connectivity index (χ1v) is 8.50. The first-order valence-electron chi connectivity index (χ1n) is 7.69. The number of thiazole rings is 1. The van der Waals surface area contributed by atoms with Crippen molar-refractivity contribution in [3.05, 3.63) is 64.7 Å². The van der Waals surface area contributed by atoms with Crippen molar-refractivity contribution in [3.63, 3.8) is 0 Å². The lowest BCUT2D eigenvalue weighted by Gasteiger charge is -2.04. The highest BCUT2D eigenvalue weighted by atomic mass is 32.1. The highest BCUT2D eigenvalue weighted by molar-refractivity contribution is 7.16. The van der Waals surface area contributed by atoms with E-state index >= 15 is 0 Å². The molecule has 2 heterocycles. The predicted octanol–water partition coefficient (Wildman–Crippen LogP) is 3.96. The summed E-state index contributed by atoms with van der Waals surface area (Å²) in [5.41, 5.74) is 1.78. The maximum Gasteiger partial charge on any atom is 0.413 e. The van der Waals surface area contributed by atoms with Gasteiger partial charge >= 0.3 is 12.1 Å². The molecule has 0 atom stereocenters. The molecule has 132 valence electrons. The van der Waals surface area contributed by atoms with Gasteiger partial charge in [0.1, 0.15) is 18.0 Å². The van der Waals surface area contributed by atoms with E-state index in [2.05, 4.69) is 15.3 Å². The van der Waals surface area contributed by atoms with E-state index in [0.717, 1.165) is 10.4 Å². The van der Waals surface area contributed by atoms with Crippen LogP contribution in [0.1, 0.15) is 20.9 Å². The number of hydrogen-bond donors (Lipinski definition) is 2. The van der Waals surface area contributed by atoms with Crippen molar-refractivity contribution in [1.29, 1.82) is 0 Å². The average molecular weight is 369 g/mol. The molecule has 0 fully saturated rings. The third-order valence-electron chi connectivity index (χ3n) is 3.43. The van der Waals surface area contributed by atoms with Crippen molar-refractivity contribution in [2.24, 2.45) is 0 Å². The van der Waals surface area contributed by atoms with Crippen LogP contribution >= 0.6 is 11.3 Å². The fourth-order valence-electron chi connectivity index (χ4n) is 2.22. The van der Waals surface area contributed by atoms with Gasteiger partial charge in [0.2, 0.25) is 0 Å². The smallest absolute Gasteiger partial charge is 0.413 e. The molecule has 7 nitrogen and oxygen atoms in total. The number of aryl methyl sites for hydroxylation is 1. The van der Waals surface area contributed by atoms with E-state index in [1.165, 1.54) is 17.4 Å². The topological polar surface area (TPSA) is 101 Å². The van der Waals surface area contributed by atoms with E-state index in [1.54, 1.807) is 12.1 Å². The summed E-state index contributed by atoms with van der Waals surface area (Å²) < 4.78 is 5.16. The Morgan fingerprint density at radius 1 is 1.12 bits per heavy atom. The molecule has 0 saturated carbocycles. The van der Waals surface area contributed by atoms with Crippen LogP contribution < -0.4 is 5.32 Å². The number of benzene rings is 1. The van der Waals surface area contributed by atoms with Gasteiger partial charge in [0.05, 0.1) is 5.69 Å². The average Bonchev–Trinajstić information content (AvgIpc) is 3.01. The predicted molar refractivity (Wildman–Crippen MR) is 97.3 cm³/mol. The Morgan fingerprint density at radius 3 is 2.62 bits per heavy atom. The van der Waals surface area contributed by atoms with E-state index in [1.807, 2.05) is 37.3 Å². The first-order chi connectivity index (χ1) is 12.5. The van der Waals surface area contributed by atoms with E-state index in [-0.39, 0.29) is 12.3 Å². The first kappa shape index (κ1) is 17.6. The molecule has 0 aliphatic heterocycles. The van der Waals surface area contributed by atoms with Crippen LogP contribution in [0.3, 0.4) is 0 Å². The lowest BCUT2D eigenvalue weighted by Crippen LogP contribution is -2.13. The van der Waals surface area contributed by atoms with E-state index < -0.39 is 12.1 Å². The van der Waals surface area contributed by atoms with E-state index in [9.17, 15) is 9.59 Å². The molecular weight excluding hydrogens is 354 g/mol. The Kier molecular flexibility index (Phi) is 5.23. The molecule has 8 heteroatoms. The zero-order valence-corrected chi connectivity index (χ0v) is 14.6. The minimum atomic E-state index is -1.11. The number of aromatic carboxylic acids is 1. The van der Waals surface area contributed by atoms with Gasteiger partial charge in [-0.05, 0) is 24.6 Å². The largest absolute Gasteiger partial charge is 0.477 e. The van der Waals surface area contributed by atoms with Crippen molar-refractivity contribution >= 4 is 28.5 Å². The highest BCUT2D eigenvalue weighted by Crippen LogP contribution is 2.29. The zero-order chi connectivity index (χ0) is 18.5. The van der Waals surface area contributed by atoms with Crippen molar-refractivity contribution in [2.75, 3.05) is 5.32 Å². The number of pyridine rings is 1. The van der Waals surface area contributed by atoms with Gasteiger partial charge in [-0.15, -0.1) is 11.3 Å². The highest BCUT2D eigenvalue weighted by Gasteiger charge is 2.15. The van der Waals surface area contributed by atoms with E-state index in [4.69, 9.17) is 9.84 Å². The Hall–Kier alpha value is -3.26. The molecule has 3 rings (SSSR count). The summed E-state index contributed by atoms with van der Waals surface area (Å²) in [5, 5.41) is 12.0. The Morgan fingerprint density at radius 2 is 1.88 bits per heavy atom.